The summed E-state index contributed by atoms with van der Waals surface area (Å²) in [5, 5.41) is 20.6. The molecule has 0 saturated heterocycles. The first-order valence-electron chi connectivity index (χ1n) is 3.51. The number of rotatable bonds is 3. The van der Waals surface area contributed by atoms with E-state index in [2.05, 4.69) is 31.5 Å². The molecule has 0 bridgehead atoms. The summed E-state index contributed by atoms with van der Waals surface area (Å²) in [6.45, 7) is 6.72. The predicted molar refractivity (Wildman–Crippen MR) is 47.1 cm³/mol. The molecular formula is C6H16N3NaO2. The van der Waals surface area contributed by atoms with E-state index in [0.29, 0.717) is 6.54 Å². The van der Waals surface area contributed by atoms with Gasteiger partial charge in [-0.05, 0) is 11.8 Å². The Hall–Kier alpha value is 0. The fraction of sp³-hybridized carbons (Fsp3) is 1.00. The van der Waals surface area contributed by atoms with Gasteiger partial charge in [0.15, 0.2) is 0 Å². The van der Waals surface area contributed by atoms with E-state index in [4.69, 9.17) is 5.21 Å². The van der Waals surface area contributed by atoms with Gasteiger partial charge in [-0.3, -0.25) is 0 Å². The van der Waals surface area contributed by atoms with Crippen LogP contribution < -0.4 is 5.43 Å². The van der Waals surface area contributed by atoms with Crippen LogP contribution in [-0.4, -0.2) is 46.3 Å². The van der Waals surface area contributed by atoms with Crippen molar-refractivity contribution in [3.63, 3.8) is 0 Å². The van der Waals surface area contributed by atoms with Crippen LogP contribution in [-0.2, 0) is 0 Å². The second kappa shape index (κ2) is 6.51. The summed E-state index contributed by atoms with van der Waals surface area (Å²) in [4.78, 5) is 0.0474. The second-order valence-corrected chi connectivity index (χ2v) is 3.58. The van der Waals surface area contributed by atoms with Gasteiger partial charge < -0.3 is 10.4 Å². The molecule has 0 aliphatic heterocycles. The molecule has 0 saturated carbocycles. The maximum absolute atomic E-state index is 10.3. The predicted octanol–water partition coefficient (Wildman–Crippen LogP) is 0.630. The molecule has 0 aromatic carbocycles. The zero-order chi connectivity index (χ0) is 8.91. The van der Waals surface area contributed by atoms with E-state index in [-0.39, 0.29) is 39.9 Å². The molecule has 0 aromatic rings. The van der Waals surface area contributed by atoms with Gasteiger partial charge in [-0.2, -0.15) is 5.43 Å². The summed E-state index contributed by atoms with van der Waals surface area (Å²) < 4.78 is 0. The quantitative estimate of drug-likeness (QED) is 0.293. The Bertz CT molecular complexity index is 144. The second-order valence-electron chi connectivity index (χ2n) is 3.58. The van der Waals surface area contributed by atoms with Crippen LogP contribution in [0.1, 0.15) is 27.2 Å². The van der Waals surface area contributed by atoms with Crippen LogP contribution in [0.25, 0.3) is 0 Å². The summed E-state index contributed by atoms with van der Waals surface area (Å²) in [6.07, 6.45) is 0.848. The maximum atomic E-state index is 10.3. The van der Waals surface area contributed by atoms with Crippen LogP contribution in [0.5, 0.6) is 0 Å². The Morgan fingerprint density at radius 3 is 2.33 bits per heavy atom. The van der Waals surface area contributed by atoms with E-state index in [0.717, 1.165) is 6.42 Å². The third kappa shape index (κ3) is 10.0. The van der Waals surface area contributed by atoms with Crippen LogP contribution in [0.2, 0.25) is 0 Å². The molecule has 0 heterocycles. The standard InChI is InChI=1S/C6H15N3O2.Na.H/c1-6(2,3)4-5-7-9(11)8-10;;/h10H,4-5H2,1-3H3,(H,7,8);;. The fourth-order valence-corrected chi connectivity index (χ4v) is 0.558. The zero-order valence-electron chi connectivity index (χ0n) is 7.16. The number of nitrogens with one attached hydrogen (secondary N) is 1. The molecule has 0 aliphatic rings. The minimum atomic E-state index is 0. The SMILES string of the molecule is CC(C)(C)CCN[N+]([O-])=NO.[NaH]. The molecule has 0 atom stereocenters. The van der Waals surface area contributed by atoms with Crippen molar-refractivity contribution in [3.8, 4) is 0 Å². The third-order valence-corrected chi connectivity index (χ3v) is 1.20. The Balaban J connectivity index is 0. The normalized spacial score (nSPS) is 12.1. The van der Waals surface area contributed by atoms with Crippen molar-refractivity contribution in [2.45, 2.75) is 27.2 Å². The van der Waals surface area contributed by atoms with E-state index in [1.54, 1.807) is 0 Å². The summed E-state index contributed by atoms with van der Waals surface area (Å²) in [6, 6.07) is 0. The van der Waals surface area contributed by atoms with Crippen LogP contribution in [0, 0.1) is 10.6 Å². The minimum absolute atomic E-state index is 0. The van der Waals surface area contributed by atoms with Gasteiger partial charge in [0.1, 0.15) is 0 Å². The fourth-order valence-electron chi connectivity index (χ4n) is 0.558. The van der Waals surface area contributed by atoms with Gasteiger partial charge in [-0.15, -0.1) is 0 Å². The van der Waals surface area contributed by atoms with Crippen molar-refractivity contribution in [1.82, 2.24) is 5.43 Å². The molecule has 6 heteroatoms. The zero-order valence-corrected chi connectivity index (χ0v) is 7.16. The Morgan fingerprint density at radius 1 is 1.50 bits per heavy atom. The van der Waals surface area contributed by atoms with Gasteiger partial charge in [0.2, 0.25) is 5.28 Å². The van der Waals surface area contributed by atoms with Gasteiger partial charge >= 0.3 is 29.6 Å². The number of nitrogens with zero attached hydrogens (tertiary/aromatic N) is 2. The topological polar surface area (TPSA) is 70.7 Å². The van der Waals surface area contributed by atoms with Crippen LogP contribution in [0.15, 0.2) is 5.28 Å². The van der Waals surface area contributed by atoms with Gasteiger partial charge in [0.25, 0.3) is 0 Å². The van der Waals surface area contributed by atoms with Crippen LogP contribution in [0.4, 0.5) is 0 Å². The monoisotopic (exact) mass is 185 g/mol. The van der Waals surface area contributed by atoms with Gasteiger partial charge in [0, 0.05) is 0 Å². The number of hydrogen-bond acceptors (Lipinski definition) is 2. The van der Waals surface area contributed by atoms with E-state index in [1.165, 1.54) is 0 Å². The molecule has 12 heavy (non-hydrogen) atoms. The van der Waals surface area contributed by atoms with Crippen molar-refractivity contribution < 1.29 is 10.2 Å². The molecule has 0 spiro atoms. The molecule has 0 fully saturated rings. The summed E-state index contributed by atoms with van der Waals surface area (Å²) in [5.74, 6) is 0. The first-order chi connectivity index (χ1) is 4.95. The molecule has 0 radical (unpaired) electrons. The summed E-state index contributed by atoms with van der Waals surface area (Å²) >= 11 is 0. The van der Waals surface area contributed by atoms with Gasteiger partial charge in [-0.1, -0.05) is 20.8 Å². The Labute approximate surface area is 94.7 Å². The van der Waals surface area contributed by atoms with Crippen molar-refractivity contribution >= 4 is 29.6 Å². The van der Waals surface area contributed by atoms with E-state index in [1.807, 2.05) is 0 Å². The number of hydrogen-bond donors (Lipinski definition) is 2. The molecular weight excluding hydrogens is 169 g/mol. The Kier molecular flexibility index (Phi) is 7.88. The van der Waals surface area contributed by atoms with Crippen LogP contribution >= 0.6 is 0 Å². The molecule has 68 valence electrons. The molecule has 5 nitrogen and oxygen atoms in total. The van der Waals surface area contributed by atoms with E-state index < -0.39 is 0 Å². The van der Waals surface area contributed by atoms with Crippen molar-refractivity contribution in [2.75, 3.05) is 6.54 Å². The van der Waals surface area contributed by atoms with Gasteiger partial charge in [-0.25, -0.2) is 0 Å². The molecule has 0 aliphatic carbocycles. The number of hydrazine groups is 1. The molecule has 0 rings (SSSR count). The molecule has 0 amide bonds. The third-order valence-electron chi connectivity index (χ3n) is 1.20. The summed E-state index contributed by atoms with van der Waals surface area (Å²) in [5.41, 5.74) is 2.53. The first kappa shape index (κ1) is 14.5. The van der Waals surface area contributed by atoms with E-state index in [9.17, 15) is 5.21 Å². The summed E-state index contributed by atoms with van der Waals surface area (Å²) in [7, 11) is 0. The first-order valence-corrected chi connectivity index (χ1v) is 3.51. The van der Waals surface area contributed by atoms with Crippen molar-refractivity contribution in [3.05, 3.63) is 5.21 Å². The average Bonchev–Trinajstić information content (AvgIpc) is 1.85. The Morgan fingerprint density at radius 2 is 2.00 bits per heavy atom. The van der Waals surface area contributed by atoms with E-state index >= 15 is 0 Å². The molecule has 2 N–H and O–H groups in total. The molecule has 0 unspecified atom stereocenters. The average molecular weight is 185 g/mol. The van der Waals surface area contributed by atoms with Crippen molar-refractivity contribution in [2.24, 2.45) is 10.7 Å². The molecule has 0 aromatic heterocycles. The van der Waals surface area contributed by atoms with Crippen molar-refractivity contribution in [1.29, 1.82) is 0 Å². The van der Waals surface area contributed by atoms with Gasteiger partial charge in [0.05, 0.1) is 11.5 Å². The van der Waals surface area contributed by atoms with Crippen LogP contribution in [0.3, 0.4) is 0 Å².